The molecule has 2 aromatic rings. The van der Waals surface area contributed by atoms with Gasteiger partial charge in [-0.3, -0.25) is 4.55 Å². The van der Waals surface area contributed by atoms with E-state index in [1.165, 1.54) is 6.33 Å². The van der Waals surface area contributed by atoms with Gasteiger partial charge in [0.05, 0.1) is 26.3 Å². The highest BCUT2D eigenvalue weighted by molar-refractivity contribution is 7.80. The van der Waals surface area contributed by atoms with Gasteiger partial charge in [-0.1, -0.05) is 0 Å². The number of rotatable bonds is 6. The molecular weight excluding hydrogens is 362 g/mol. The first-order valence-electron chi connectivity index (χ1n) is 8.15. The summed E-state index contributed by atoms with van der Waals surface area (Å²) in [5.41, 5.74) is 0.754. The zero-order valence-corrected chi connectivity index (χ0v) is 15.4. The molecule has 0 atom stereocenters. The van der Waals surface area contributed by atoms with Crippen LogP contribution in [0.3, 0.4) is 0 Å². The Balaban J connectivity index is 1.79. The lowest BCUT2D eigenvalue weighted by Crippen LogP contribution is -2.36. The van der Waals surface area contributed by atoms with Gasteiger partial charge in [-0.2, -0.15) is 8.42 Å². The van der Waals surface area contributed by atoms with Gasteiger partial charge in [0.2, 0.25) is 0 Å². The summed E-state index contributed by atoms with van der Waals surface area (Å²) in [5, 5.41) is 0.859. The number of fused-ring (bicyclic) bond motifs is 1. The Bertz CT molecular complexity index is 881. The van der Waals surface area contributed by atoms with E-state index in [1.807, 2.05) is 12.1 Å². The molecule has 0 spiro atoms. The van der Waals surface area contributed by atoms with Crippen molar-refractivity contribution < 1.29 is 26.6 Å². The molecule has 1 aromatic carbocycles. The molecule has 1 aliphatic rings. The molecule has 1 N–H and O–H groups in total. The molecule has 1 aromatic heterocycles. The molecule has 2 heterocycles. The second kappa shape index (κ2) is 7.60. The molecule has 9 nitrogen and oxygen atoms in total. The van der Waals surface area contributed by atoms with Crippen LogP contribution in [0.1, 0.15) is 12.8 Å². The summed E-state index contributed by atoms with van der Waals surface area (Å²) in [4.78, 5) is 10.9. The zero-order valence-electron chi connectivity index (χ0n) is 14.6. The fourth-order valence-corrected chi connectivity index (χ4v) is 3.48. The van der Waals surface area contributed by atoms with Crippen LogP contribution in [0.5, 0.6) is 11.5 Å². The molecule has 1 saturated heterocycles. The van der Waals surface area contributed by atoms with E-state index in [1.54, 1.807) is 14.2 Å². The van der Waals surface area contributed by atoms with Gasteiger partial charge in [0.25, 0.3) is 0 Å². The van der Waals surface area contributed by atoms with E-state index in [9.17, 15) is 8.42 Å². The summed E-state index contributed by atoms with van der Waals surface area (Å²) in [5.74, 6) is 2.07. The first-order valence-corrected chi connectivity index (χ1v) is 9.51. The fraction of sp³-hybridized carbons (Fsp3) is 0.500. The molecule has 26 heavy (non-hydrogen) atoms. The van der Waals surface area contributed by atoms with E-state index < -0.39 is 10.4 Å². The molecule has 142 valence electrons. The highest BCUT2D eigenvalue weighted by Crippen LogP contribution is 2.35. The third-order valence-electron chi connectivity index (χ3n) is 4.49. The summed E-state index contributed by atoms with van der Waals surface area (Å²) in [6, 6.07) is 3.67. The number of ether oxygens (including phenoxy) is 2. The number of nitrogens with zero attached hydrogens (tertiary/aromatic N) is 3. The van der Waals surface area contributed by atoms with Crippen molar-refractivity contribution in [3.63, 3.8) is 0 Å². The highest BCUT2D eigenvalue weighted by atomic mass is 32.3. The minimum atomic E-state index is -4.39. The largest absolute Gasteiger partial charge is 0.493 e. The maximum Gasteiger partial charge on any atom is 0.397 e. The van der Waals surface area contributed by atoms with Gasteiger partial charge >= 0.3 is 10.4 Å². The summed E-state index contributed by atoms with van der Waals surface area (Å²) >= 11 is 0. The Labute approximate surface area is 151 Å². The van der Waals surface area contributed by atoms with Crippen LogP contribution >= 0.6 is 0 Å². The molecule has 0 amide bonds. The minimum Gasteiger partial charge on any atom is -0.493 e. The number of benzene rings is 1. The van der Waals surface area contributed by atoms with Crippen molar-refractivity contribution in [2.45, 2.75) is 12.8 Å². The molecule has 3 rings (SSSR count). The third-order valence-corrected chi connectivity index (χ3v) is 4.92. The smallest absolute Gasteiger partial charge is 0.397 e. The van der Waals surface area contributed by atoms with Gasteiger partial charge in [0, 0.05) is 24.5 Å². The molecular formula is C16H21N3O6S. The van der Waals surface area contributed by atoms with Gasteiger partial charge < -0.3 is 14.4 Å². The molecule has 0 radical (unpaired) electrons. The van der Waals surface area contributed by atoms with Crippen LogP contribution < -0.4 is 14.4 Å². The van der Waals surface area contributed by atoms with Crippen molar-refractivity contribution in [3.8, 4) is 11.5 Å². The van der Waals surface area contributed by atoms with Crippen molar-refractivity contribution in [2.75, 3.05) is 38.8 Å². The van der Waals surface area contributed by atoms with Gasteiger partial charge in [0.15, 0.2) is 11.5 Å². The number of methoxy groups -OCH3 is 2. The second-order valence-electron chi connectivity index (χ2n) is 6.06. The SMILES string of the molecule is COc1cc2ncnc(N3CCC(COS(=O)(=O)O)CC3)c2cc1OC. The maximum atomic E-state index is 10.7. The van der Waals surface area contributed by atoms with Crippen LogP contribution in [-0.4, -0.2) is 56.9 Å². The average Bonchev–Trinajstić information content (AvgIpc) is 2.64. The van der Waals surface area contributed by atoms with Crippen LogP contribution in [0.15, 0.2) is 18.5 Å². The quantitative estimate of drug-likeness (QED) is 0.745. The predicted molar refractivity (Wildman–Crippen MR) is 95.1 cm³/mol. The van der Waals surface area contributed by atoms with Crippen molar-refractivity contribution >= 4 is 27.1 Å². The van der Waals surface area contributed by atoms with Crippen molar-refractivity contribution in [2.24, 2.45) is 5.92 Å². The minimum absolute atomic E-state index is 0.0117. The predicted octanol–water partition coefficient (Wildman–Crippen LogP) is 1.68. The number of aromatic nitrogens is 2. The van der Waals surface area contributed by atoms with Crippen molar-refractivity contribution in [3.05, 3.63) is 18.5 Å². The second-order valence-corrected chi connectivity index (χ2v) is 7.16. The van der Waals surface area contributed by atoms with Crippen LogP contribution in [-0.2, 0) is 14.6 Å². The van der Waals surface area contributed by atoms with E-state index in [0.29, 0.717) is 24.6 Å². The lowest BCUT2D eigenvalue weighted by atomic mass is 9.97. The van der Waals surface area contributed by atoms with Crippen LogP contribution in [0.4, 0.5) is 5.82 Å². The van der Waals surface area contributed by atoms with Crippen LogP contribution in [0.25, 0.3) is 10.9 Å². The maximum absolute atomic E-state index is 10.7. The fourth-order valence-electron chi connectivity index (χ4n) is 3.12. The van der Waals surface area contributed by atoms with Gasteiger partial charge in [-0.15, -0.1) is 0 Å². The Hall–Kier alpha value is -2.17. The summed E-state index contributed by atoms with van der Waals surface area (Å²) in [6.07, 6.45) is 2.97. The summed E-state index contributed by atoms with van der Waals surface area (Å²) < 4.78 is 45.3. The van der Waals surface area contributed by atoms with E-state index in [4.69, 9.17) is 14.0 Å². The monoisotopic (exact) mass is 383 g/mol. The van der Waals surface area contributed by atoms with E-state index in [2.05, 4.69) is 19.1 Å². The Morgan fingerprint density at radius 1 is 1.15 bits per heavy atom. The van der Waals surface area contributed by atoms with Gasteiger partial charge in [0.1, 0.15) is 12.1 Å². The highest BCUT2D eigenvalue weighted by Gasteiger charge is 2.24. The van der Waals surface area contributed by atoms with Crippen molar-refractivity contribution in [1.29, 1.82) is 0 Å². The summed E-state index contributed by atoms with van der Waals surface area (Å²) in [7, 11) is -1.24. The topological polar surface area (TPSA) is 111 Å². The van der Waals surface area contributed by atoms with E-state index >= 15 is 0 Å². The third kappa shape index (κ3) is 4.14. The zero-order chi connectivity index (χ0) is 18.7. The van der Waals surface area contributed by atoms with Crippen LogP contribution in [0.2, 0.25) is 0 Å². The number of anilines is 1. The van der Waals surface area contributed by atoms with E-state index in [0.717, 1.165) is 29.6 Å². The first kappa shape index (κ1) is 18.6. The lowest BCUT2D eigenvalue weighted by molar-refractivity contribution is 0.203. The van der Waals surface area contributed by atoms with Gasteiger partial charge in [-0.25, -0.2) is 14.2 Å². The van der Waals surface area contributed by atoms with Crippen molar-refractivity contribution in [1.82, 2.24) is 9.97 Å². The number of piperidine rings is 1. The lowest BCUT2D eigenvalue weighted by Gasteiger charge is -2.32. The Morgan fingerprint density at radius 2 is 1.81 bits per heavy atom. The van der Waals surface area contributed by atoms with Gasteiger partial charge in [-0.05, 0) is 24.8 Å². The standard InChI is InChI=1S/C16H21N3O6S/c1-23-14-7-12-13(8-15(14)24-2)17-10-18-16(12)19-5-3-11(4-6-19)9-25-26(20,21)22/h7-8,10-11H,3-6,9H2,1-2H3,(H,20,21,22). The summed E-state index contributed by atoms with van der Waals surface area (Å²) in [6.45, 7) is 1.38. The normalized spacial score (nSPS) is 16.0. The number of hydrogen-bond donors (Lipinski definition) is 1. The molecule has 0 saturated carbocycles. The molecule has 0 aliphatic carbocycles. The first-order chi connectivity index (χ1) is 12.4. The molecule has 1 fully saturated rings. The van der Waals surface area contributed by atoms with Crippen LogP contribution in [0, 0.1) is 5.92 Å². The molecule has 0 unspecified atom stereocenters. The Morgan fingerprint density at radius 3 is 2.42 bits per heavy atom. The average molecular weight is 383 g/mol. The molecule has 10 heteroatoms. The number of hydrogen-bond acceptors (Lipinski definition) is 8. The van der Waals surface area contributed by atoms with E-state index in [-0.39, 0.29) is 12.5 Å². The molecule has 0 bridgehead atoms. The Kier molecular flexibility index (Phi) is 5.44. The molecule has 1 aliphatic heterocycles.